The molecule has 1 fully saturated rings. The van der Waals surface area contributed by atoms with Gasteiger partial charge in [0.1, 0.15) is 5.82 Å². The first kappa shape index (κ1) is 14.1. The van der Waals surface area contributed by atoms with Crippen LogP contribution in [-0.4, -0.2) is 16.9 Å². The Morgan fingerprint density at radius 1 is 1.33 bits per heavy atom. The predicted molar refractivity (Wildman–Crippen MR) is 82.0 cm³/mol. The van der Waals surface area contributed by atoms with Gasteiger partial charge in [-0.15, -0.1) is 0 Å². The molecule has 21 heavy (non-hydrogen) atoms. The summed E-state index contributed by atoms with van der Waals surface area (Å²) < 4.78 is 14.0. The summed E-state index contributed by atoms with van der Waals surface area (Å²) in [6, 6.07) is 3.53. The van der Waals surface area contributed by atoms with Crippen LogP contribution in [0.2, 0.25) is 0 Å². The maximum Gasteiger partial charge on any atom is 0.253 e. The van der Waals surface area contributed by atoms with Gasteiger partial charge in [-0.1, -0.05) is 26.2 Å². The van der Waals surface area contributed by atoms with Crippen LogP contribution >= 0.6 is 0 Å². The van der Waals surface area contributed by atoms with Crippen LogP contribution in [0.25, 0.3) is 10.9 Å². The molecule has 0 saturated heterocycles. The van der Waals surface area contributed by atoms with Crippen LogP contribution in [-0.2, 0) is 6.42 Å². The highest BCUT2D eigenvalue weighted by Gasteiger charge is 2.19. The molecule has 112 valence electrons. The van der Waals surface area contributed by atoms with Crippen LogP contribution in [0.15, 0.2) is 18.3 Å². The van der Waals surface area contributed by atoms with E-state index in [1.807, 2.05) is 6.92 Å². The molecule has 1 amide bonds. The molecule has 3 nitrogen and oxygen atoms in total. The summed E-state index contributed by atoms with van der Waals surface area (Å²) in [5, 5.41) is 3.74. The van der Waals surface area contributed by atoms with Crippen molar-refractivity contribution < 1.29 is 9.18 Å². The van der Waals surface area contributed by atoms with Crippen LogP contribution in [0.5, 0.6) is 0 Å². The first-order valence-corrected chi connectivity index (χ1v) is 7.79. The second-order valence-electron chi connectivity index (χ2n) is 5.85. The van der Waals surface area contributed by atoms with E-state index in [-0.39, 0.29) is 17.8 Å². The summed E-state index contributed by atoms with van der Waals surface area (Å²) >= 11 is 0. The molecule has 1 aliphatic rings. The van der Waals surface area contributed by atoms with Gasteiger partial charge in [0.15, 0.2) is 0 Å². The Morgan fingerprint density at radius 3 is 2.81 bits per heavy atom. The maximum absolute atomic E-state index is 14.0. The number of carbonyl (C=O) groups is 1. The van der Waals surface area contributed by atoms with E-state index in [9.17, 15) is 9.18 Å². The van der Waals surface area contributed by atoms with Crippen molar-refractivity contribution in [1.82, 2.24) is 10.3 Å². The van der Waals surface area contributed by atoms with Gasteiger partial charge in [0.2, 0.25) is 0 Å². The molecular formula is C17H21FN2O. The molecule has 0 bridgehead atoms. The number of fused-ring (bicyclic) bond motifs is 1. The largest absolute Gasteiger partial charge is 0.360 e. The van der Waals surface area contributed by atoms with Gasteiger partial charge < -0.3 is 10.3 Å². The van der Waals surface area contributed by atoms with Crippen molar-refractivity contribution in [3.8, 4) is 0 Å². The zero-order valence-corrected chi connectivity index (χ0v) is 12.3. The molecule has 0 atom stereocenters. The van der Waals surface area contributed by atoms with Crippen molar-refractivity contribution in [1.29, 1.82) is 0 Å². The number of hydrogen-bond donors (Lipinski definition) is 2. The number of H-pyrrole nitrogens is 1. The third kappa shape index (κ3) is 2.80. The fourth-order valence-corrected chi connectivity index (χ4v) is 3.16. The van der Waals surface area contributed by atoms with Crippen molar-refractivity contribution in [2.75, 3.05) is 0 Å². The lowest BCUT2D eigenvalue weighted by atomic mass is 9.95. The fraction of sp³-hybridized carbons (Fsp3) is 0.471. The van der Waals surface area contributed by atoms with Crippen molar-refractivity contribution >= 4 is 16.8 Å². The van der Waals surface area contributed by atoms with E-state index in [0.717, 1.165) is 18.4 Å². The Bertz CT molecular complexity index is 656. The number of benzene rings is 1. The summed E-state index contributed by atoms with van der Waals surface area (Å²) in [5.74, 6) is -0.340. The van der Waals surface area contributed by atoms with Gasteiger partial charge in [-0.25, -0.2) is 4.39 Å². The summed E-state index contributed by atoms with van der Waals surface area (Å²) in [4.78, 5) is 15.5. The summed E-state index contributed by atoms with van der Waals surface area (Å²) in [5.41, 5.74) is 2.03. The summed E-state index contributed by atoms with van der Waals surface area (Å²) in [6.45, 7) is 1.92. The highest BCUT2D eigenvalue weighted by molar-refractivity contribution is 6.07. The predicted octanol–water partition coefficient (Wildman–Crippen LogP) is 3.93. The first-order chi connectivity index (χ1) is 10.2. The van der Waals surface area contributed by atoms with Gasteiger partial charge in [-0.3, -0.25) is 4.79 Å². The van der Waals surface area contributed by atoms with Gasteiger partial charge in [0, 0.05) is 23.1 Å². The molecule has 0 radical (unpaired) electrons. The molecule has 0 aliphatic heterocycles. The molecule has 2 N–H and O–H groups in total. The third-order valence-electron chi connectivity index (χ3n) is 4.41. The minimum Gasteiger partial charge on any atom is -0.360 e. The zero-order valence-electron chi connectivity index (χ0n) is 12.3. The third-order valence-corrected chi connectivity index (χ3v) is 4.41. The maximum atomic E-state index is 14.0. The van der Waals surface area contributed by atoms with Crippen molar-refractivity contribution in [3.63, 3.8) is 0 Å². The van der Waals surface area contributed by atoms with E-state index >= 15 is 0 Å². The highest BCUT2D eigenvalue weighted by Crippen LogP contribution is 2.24. The molecule has 1 aromatic carbocycles. The number of aromatic nitrogens is 1. The van der Waals surface area contributed by atoms with E-state index in [4.69, 9.17) is 0 Å². The molecule has 0 spiro atoms. The second-order valence-corrected chi connectivity index (χ2v) is 5.85. The lowest BCUT2D eigenvalue weighted by molar-refractivity contribution is 0.0929. The van der Waals surface area contributed by atoms with Crippen LogP contribution in [0.4, 0.5) is 4.39 Å². The van der Waals surface area contributed by atoms with Gasteiger partial charge in [-0.2, -0.15) is 0 Å². The number of rotatable bonds is 3. The molecule has 1 aliphatic carbocycles. The number of aromatic amines is 1. The summed E-state index contributed by atoms with van der Waals surface area (Å²) in [6.07, 6.45) is 8.02. The smallest absolute Gasteiger partial charge is 0.253 e. The fourth-order valence-electron chi connectivity index (χ4n) is 3.16. The van der Waals surface area contributed by atoms with Crippen LogP contribution in [0.3, 0.4) is 0 Å². The summed E-state index contributed by atoms with van der Waals surface area (Å²) in [7, 11) is 0. The van der Waals surface area contributed by atoms with E-state index in [0.29, 0.717) is 22.9 Å². The molecule has 3 rings (SSSR count). The van der Waals surface area contributed by atoms with Crippen molar-refractivity contribution in [2.24, 2.45) is 0 Å². The monoisotopic (exact) mass is 288 g/mol. The standard InChI is InChI=1S/C17H21FN2O/c1-2-11-8-16-13(9-15(11)18)14(10-19-16)17(21)20-12-6-4-3-5-7-12/h8-10,12,19H,2-7H2,1H3,(H,20,21). The normalized spacial score (nSPS) is 16.3. The Morgan fingerprint density at radius 2 is 2.10 bits per heavy atom. The van der Waals surface area contributed by atoms with E-state index in [1.165, 1.54) is 25.3 Å². The van der Waals surface area contributed by atoms with E-state index in [1.54, 1.807) is 12.3 Å². The number of hydrogen-bond acceptors (Lipinski definition) is 1. The number of carbonyl (C=O) groups excluding carboxylic acids is 1. The topological polar surface area (TPSA) is 44.9 Å². The quantitative estimate of drug-likeness (QED) is 0.883. The first-order valence-electron chi connectivity index (χ1n) is 7.79. The molecule has 1 aromatic heterocycles. The van der Waals surface area contributed by atoms with E-state index < -0.39 is 0 Å². The van der Waals surface area contributed by atoms with Crippen LogP contribution < -0.4 is 5.32 Å². The molecule has 1 heterocycles. The SMILES string of the molecule is CCc1cc2[nH]cc(C(=O)NC3CCCCC3)c2cc1F. The van der Waals surface area contributed by atoms with Crippen molar-refractivity contribution in [2.45, 2.75) is 51.5 Å². The Kier molecular flexibility index (Phi) is 3.95. The zero-order chi connectivity index (χ0) is 14.8. The Balaban J connectivity index is 1.86. The highest BCUT2D eigenvalue weighted by atomic mass is 19.1. The lowest BCUT2D eigenvalue weighted by Gasteiger charge is -2.22. The number of aryl methyl sites for hydroxylation is 1. The Hall–Kier alpha value is -1.84. The minimum atomic E-state index is -0.240. The van der Waals surface area contributed by atoms with Gasteiger partial charge >= 0.3 is 0 Å². The van der Waals surface area contributed by atoms with Crippen LogP contribution in [0.1, 0.15) is 54.9 Å². The van der Waals surface area contributed by atoms with Gasteiger partial charge in [0.05, 0.1) is 5.56 Å². The number of nitrogens with one attached hydrogen (secondary N) is 2. The number of amides is 1. The van der Waals surface area contributed by atoms with Gasteiger partial charge in [-0.05, 0) is 37.0 Å². The average Bonchev–Trinajstić information content (AvgIpc) is 2.90. The molecular weight excluding hydrogens is 267 g/mol. The lowest BCUT2D eigenvalue weighted by Crippen LogP contribution is -2.36. The minimum absolute atomic E-state index is 0.100. The van der Waals surface area contributed by atoms with Crippen molar-refractivity contribution in [3.05, 3.63) is 35.3 Å². The second kappa shape index (κ2) is 5.88. The Labute approximate surface area is 123 Å². The molecule has 1 saturated carbocycles. The molecule has 0 unspecified atom stereocenters. The molecule has 2 aromatic rings. The van der Waals surface area contributed by atoms with Gasteiger partial charge in [0.25, 0.3) is 5.91 Å². The number of halogens is 1. The average molecular weight is 288 g/mol. The molecule has 4 heteroatoms. The van der Waals surface area contributed by atoms with E-state index in [2.05, 4.69) is 10.3 Å². The van der Waals surface area contributed by atoms with Crippen LogP contribution in [0, 0.1) is 5.82 Å².